The van der Waals surface area contributed by atoms with Crippen molar-refractivity contribution in [2.24, 2.45) is 11.8 Å². The van der Waals surface area contributed by atoms with Crippen LogP contribution in [0.25, 0.3) is 0 Å². The van der Waals surface area contributed by atoms with Crippen LogP contribution in [0.1, 0.15) is 51.9 Å². The minimum Gasteiger partial charge on any atom is -0.479 e. The Balaban J connectivity index is 1.86. The molecule has 2 N–H and O–H groups in total. The molecule has 1 aliphatic carbocycles. The molecule has 2 unspecified atom stereocenters. The van der Waals surface area contributed by atoms with Crippen LogP contribution in [-0.2, 0) is 9.59 Å². The number of rotatable bonds is 5. The van der Waals surface area contributed by atoms with Gasteiger partial charge in [0.15, 0.2) is 0 Å². The molecule has 0 bridgehead atoms. The molecule has 2 atom stereocenters. The van der Waals surface area contributed by atoms with Crippen LogP contribution in [0.15, 0.2) is 0 Å². The second-order valence-electron chi connectivity index (χ2n) is 6.32. The summed E-state index contributed by atoms with van der Waals surface area (Å²) in [6.07, 6.45) is 7.29. The maximum Gasteiger partial charge on any atom is 0.330 e. The van der Waals surface area contributed by atoms with Gasteiger partial charge in [0.2, 0.25) is 5.91 Å². The number of carboxylic acid groups (broad SMARTS) is 1. The molecular formula is C15H25NO3S. The van der Waals surface area contributed by atoms with E-state index in [1.54, 1.807) is 11.8 Å². The number of aliphatic carboxylic acids is 1. The van der Waals surface area contributed by atoms with Gasteiger partial charge >= 0.3 is 5.97 Å². The highest BCUT2D eigenvalue weighted by Gasteiger charge is 2.43. The van der Waals surface area contributed by atoms with Crippen LogP contribution in [0.2, 0.25) is 0 Å². The van der Waals surface area contributed by atoms with Gasteiger partial charge in [-0.15, -0.1) is 0 Å². The van der Waals surface area contributed by atoms with E-state index in [4.69, 9.17) is 0 Å². The first-order valence-corrected chi connectivity index (χ1v) is 8.81. The molecule has 0 aromatic carbocycles. The normalized spacial score (nSPS) is 29.1. The Morgan fingerprint density at radius 1 is 1.35 bits per heavy atom. The number of amides is 1. The molecule has 0 radical (unpaired) electrons. The summed E-state index contributed by atoms with van der Waals surface area (Å²) >= 11 is 1.60. The van der Waals surface area contributed by atoms with Gasteiger partial charge in [-0.25, -0.2) is 4.79 Å². The van der Waals surface area contributed by atoms with Gasteiger partial charge in [0, 0.05) is 12.2 Å². The minimum atomic E-state index is -1.02. The zero-order chi connectivity index (χ0) is 14.6. The Hall–Kier alpha value is -0.710. The van der Waals surface area contributed by atoms with Gasteiger partial charge in [-0.3, -0.25) is 4.79 Å². The topological polar surface area (TPSA) is 66.4 Å². The second-order valence-corrected chi connectivity index (χ2v) is 7.42. The van der Waals surface area contributed by atoms with Crippen LogP contribution < -0.4 is 5.32 Å². The Labute approximate surface area is 125 Å². The first-order chi connectivity index (χ1) is 9.53. The molecule has 0 aromatic heterocycles. The third kappa shape index (κ3) is 3.68. The van der Waals surface area contributed by atoms with E-state index in [-0.39, 0.29) is 5.91 Å². The number of hydrogen-bond donors (Lipinski definition) is 2. The average molecular weight is 299 g/mol. The number of carboxylic acids is 1. The Morgan fingerprint density at radius 2 is 2.05 bits per heavy atom. The summed E-state index contributed by atoms with van der Waals surface area (Å²) in [5, 5.41) is 12.2. The SMILES string of the molecule is CC(CC(=O)NC1(C(=O)O)CCSC1)C1CCCCC1. The first-order valence-electron chi connectivity index (χ1n) is 7.66. The maximum absolute atomic E-state index is 12.2. The Bertz CT molecular complexity index is 360. The quantitative estimate of drug-likeness (QED) is 0.819. The molecule has 0 spiro atoms. The standard InChI is InChI=1S/C15H25NO3S/c1-11(12-5-3-2-4-6-12)9-13(17)16-15(14(18)19)7-8-20-10-15/h11-12H,2-10H2,1H3,(H,16,17)(H,18,19). The monoisotopic (exact) mass is 299 g/mol. The van der Waals surface area contributed by atoms with Crippen LogP contribution >= 0.6 is 11.8 Å². The van der Waals surface area contributed by atoms with Crippen LogP contribution in [0.4, 0.5) is 0 Å². The number of hydrogen-bond acceptors (Lipinski definition) is 3. The lowest BCUT2D eigenvalue weighted by Gasteiger charge is -2.29. The lowest BCUT2D eigenvalue weighted by molar-refractivity contribution is -0.146. The fourth-order valence-corrected chi connectivity index (χ4v) is 4.69. The summed E-state index contributed by atoms with van der Waals surface area (Å²) in [4.78, 5) is 23.6. The van der Waals surface area contributed by atoms with E-state index in [2.05, 4.69) is 12.2 Å². The minimum absolute atomic E-state index is 0.0898. The van der Waals surface area contributed by atoms with Crippen molar-refractivity contribution in [1.82, 2.24) is 5.32 Å². The molecule has 0 aromatic rings. The summed E-state index contributed by atoms with van der Waals surface area (Å²) in [6.45, 7) is 2.13. The smallest absolute Gasteiger partial charge is 0.330 e. The molecule has 1 saturated carbocycles. The molecular weight excluding hydrogens is 274 g/mol. The fourth-order valence-electron chi connectivity index (χ4n) is 3.37. The van der Waals surface area contributed by atoms with Gasteiger partial charge in [-0.05, 0) is 24.0 Å². The molecule has 2 rings (SSSR count). The summed E-state index contributed by atoms with van der Waals surface area (Å²) in [7, 11) is 0. The highest BCUT2D eigenvalue weighted by atomic mass is 32.2. The van der Waals surface area contributed by atoms with Crippen molar-refractivity contribution in [1.29, 1.82) is 0 Å². The number of nitrogens with one attached hydrogen (secondary N) is 1. The molecule has 20 heavy (non-hydrogen) atoms. The van der Waals surface area contributed by atoms with Crippen LogP contribution in [0, 0.1) is 11.8 Å². The van der Waals surface area contributed by atoms with Crippen molar-refractivity contribution in [3.8, 4) is 0 Å². The largest absolute Gasteiger partial charge is 0.479 e. The van der Waals surface area contributed by atoms with Crippen molar-refractivity contribution in [3.05, 3.63) is 0 Å². The van der Waals surface area contributed by atoms with Crippen LogP contribution in [-0.4, -0.2) is 34.0 Å². The molecule has 2 aliphatic rings. The van der Waals surface area contributed by atoms with E-state index >= 15 is 0 Å². The zero-order valence-electron chi connectivity index (χ0n) is 12.2. The fraction of sp³-hybridized carbons (Fsp3) is 0.867. The van der Waals surface area contributed by atoms with E-state index in [1.165, 1.54) is 32.1 Å². The van der Waals surface area contributed by atoms with E-state index in [1.807, 2.05) is 0 Å². The molecule has 1 aliphatic heterocycles. The van der Waals surface area contributed by atoms with E-state index in [9.17, 15) is 14.7 Å². The third-order valence-corrected chi connectivity index (χ3v) is 5.96. The van der Waals surface area contributed by atoms with Gasteiger partial charge in [0.05, 0.1) is 0 Å². The van der Waals surface area contributed by atoms with Crippen molar-refractivity contribution in [2.75, 3.05) is 11.5 Å². The van der Waals surface area contributed by atoms with Crippen molar-refractivity contribution >= 4 is 23.6 Å². The first kappa shape index (κ1) is 15.7. The van der Waals surface area contributed by atoms with Crippen LogP contribution in [0.5, 0.6) is 0 Å². The second kappa shape index (κ2) is 6.83. The van der Waals surface area contributed by atoms with E-state index in [0.29, 0.717) is 30.4 Å². The van der Waals surface area contributed by atoms with Crippen molar-refractivity contribution in [2.45, 2.75) is 57.4 Å². The molecule has 4 nitrogen and oxygen atoms in total. The lowest BCUT2D eigenvalue weighted by atomic mass is 9.79. The van der Waals surface area contributed by atoms with Gasteiger partial charge in [0.25, 0.3) is 0 Å². The summed E-state index contributed by atoms with van der Waals surface area (Å²) in [5.74, 6) is 1.31. The molecule has 1 saturated heterocycles. The summed E-state index contributed by atoms with van der Waals surface area (Å²) < 4.78 is 0. The molecule has 2 fully saturated rings. The summed E-state index contributed by atoms with van der Waals surface area (Å²) in [5.41, 5.74) is -1.02. The number of carbonyl (C=O) groups excluding carboxylic acids is 1. The lowest BCUT2D eigenvalue weighted by Crippen LogP contribution is -2.55. The predicted molar refractivity (Wildman–Crippen MR) is 80.8 cm³/mol. The number of thioether (sulfide) groups is 1. The van der Waals surface area contributed by atoms with Crippen LogP contribution in [0.3, 0.4) is 0 Å². The molecule has 5 heteroatoms. The van der Waals surface area contributed by atoms with Gasteiger partial charge in [-0.1, -0.05) is 39.0 Å². The Morgan fingerprint density at radius 3 is 2.60 bits per heavy atom. The van der Waals surface area contributed by atoms with E-state index < -0.39 is 11.5 Å². The number of carbonyl (C=O) groups is 2. The molecule has 114 valence electrons. The predicted octanol–water partition coefficient (Wildman–Crippen LogP) is 2.67. The average Bonchev–Trinajstić information content (AvgIpc) is 2.89. The van der Waals surface area contributed by atoms with Crippen molar-refractivity contribution < 1.29 is 14.7 Å². The zero-order valence-corrected chi connectivity index (χ0v) is 13.0. The third-order valence-electron chi connectivity index (χ3n) is 4.77. The van der Waals surface area contributed by atoms with Gasteiger partial charge in [-0.2, -0.15) is 11.8 Å². The molecule has 1 amide bonds. The highest BCUT2D eigenvalue weighted by molar-refractivity contribution is 7.99. The van der Waals surface area contributed by atoms with Gasteiger partial charge < -0.3 is 10.4 Å². The maximum atomic E-state index is 12.2. The van der Waals surface area contributed by atoms with Crippen molar-refractivity contribution in [3.63, 3.8) is 0 Å². The Kier molecular flexibility index (Phi) is 5.35. The summed E-state index contributed by atoms with van der Waals surface area (Å²) in [6, 6.07) is 0. The van der Waals surface area contributed by atoms with Gasteiger partial charge in [0.1, 0.15) is 5.54 Å². The van der Waals surface area contributed by atoms with E-state index in [0.717, 1.165) is 5.75 Å². The highest BCUT2D eigenvalue weighted by Crippen LogP contribution is 2.32. The molecule has 1 heterocycles.